The van der Waals surface area contributed by atoms with Crippen LogP contribution in [0.1, 0.15) is 18.5 Å². The molecular formula is C19H23N8O5S2+. The highest BCUT2D eigenvalue weighted by Gasteiger charge is 2.55. The van der Waals surface area contributed by atoms with E-state index in [1.807, 2.05) is 0 Å². The molecule has 0 bridgehead atoms. The average molecular weight is 508 g/mol. The van der Waals surface area contributed by atoms with E-state index in [4.69, 9.17) is 5.73 Å². The number of nitriles is 1. The van der Waals surface area contributed by atoms with Crippen molar-refractivity contribution < 1.29 is 29.2 Å². The van der Waals surface area contributed by atoms with Crippen molar-refractivity contribution in [3.05, 3.63) is 22.3 Å². The predicted molar refractivity (Wildman–Crippen MR) is 123 cm³/mol. The molecule has 1 aromatic heterocycles. The molecule has 15 heteroatoms. The number of carbonyl (C=O) groups is 3. The number of carboxylic acid groups (broad SMARTS) is 1. The average Bonchev–Trinajstić information content (AvgIpc) is 3.48. The number of aromatic nitrogens is 1. The minimum absolute atomic E-state index is 0.102. The van der Waals surface area contributed by atoms with Crippen LogP contribution in [-0.2, 0) is 14.4 Å². The van der Waals surface area contributed by atoms with E-state index in [-0.39, 0.29) is 34.8 Å². The number of anilines is 1. The van der Waals surface area contributed by atoms with Crippen LogP contribution in [0.2, 0.25) is 0 Å². The lowest BCUT2D eigenvalue weighted by molar-refractivity contribution is -0.848. The summed E-state index contributed by atoms with van der Waals surface area (Å²) in [4.78, 5) is 43.0. The van der Waals surface area contributed by atoms with Crippen molar-refractivity contribution in [2.75, 3.05) is 37.4 Å². The maximum atomic E-state index is 12.9. The highest BCUT2D eigenvalue weighted by atomic mass is 32.2. The number of fused-ring (bicyclic) bond motifs is 1. The Hall–Kier alpha value is -3.19. The lowest BCUT2D eigenvalue weighted by atomic mass is 10.0. The van der Waals surface area contributed by atoms with Crippen LogP contribution >= 0.6 is 23.1 Å². The Kier molecular flexibility index (Phi) is 6.75. The summed E-state index contributed by atoms with van der Waals surface area (Å²) in [5.41, 5.74) is 5.54. The number of β-lactam (4-membered cyclic amide) rings is 1. The third-order valence-corrected chi connectivity index (χ3v) is 8.12. The van der Waals surface area contributed by atoms with Crippen molar-refractivity contribution in [1.29, 1.82) is 5.26 Å². The second-order valence-electron chi connectivity index (χ2n) is 8.04. The molecule has 6 N–H and O–H groups in total. The molecule has 34 heavy (non-hydrogen) atoms. The number of aliphatic carboxylic acids is 1. The summed E-state index contributed by atoms with van der Waals surface area (Å²) >= 11 is 2.49. The number of likely N-dealkylation sites (tertiary alicyclic amines) is 1. The van der Waals surface area contributed by atoms with Crippen LogP contribution in [0.15, 0.2) is 21.8 Å². The first-order valence-corrected chi connectivity index (χ1v) is 12.4. The topological polar surface area (TPSA) is 194 Å². The summed E-state index contributed by atoms with van der Waals surface area (Å²) in [7, 11) is 0. The van der Waals surface area contributed by atoms with Gasteiger partial charge in [-0.15, -0.1) is 28.4 Å². The Morgan fingerprint density at radius 3 is 2.76 bits per heavy atom. The first-order valence-electron chi connectivity index (χ1n) is 10.4. The standard InChI is InChI=1S/C19H22N8O5S2/c20-8-22-19-23-11(7-34-19)12(25-32)15(28)24-13-16(29)26-14(18(30)31)10(6-33-17(13)26)5-27(9-21)3-1-2-4-27/h7,13,17H,1-6,8,20H2,(H3-,22,23,24,28,30,31,32)/p+1. The van der Waals surface area contributed by atoms with Gasteiger partial charge in [0.05, 0.1) is 19.8 Å². The molecule has 2 atom stereocenters. The van der Waals surface area contributed by atoms with Gasteiger partial charge >= 0.3 is 12.2 Å². The van der Waals surface area contributed by atoms with Crippen LogP contribution in [-0.4, -0.2) is 91.6 Å². The van der Waals surface area contributed by atoms with Gasteiger partial charge in [-0.05, 0) is 0 Å². The number of nitrogens with one attached hydrogen (secondary N) is 2. The lowest BCUT2D eigenvalue weighted by Crippen LogP contribution is -2.71. The molecule has 0 aliphatic carbocycles. The third-order valence-electron chi connectivity index (χ3n) is 5.98. The first-order chi connectivity index (χ1) is 16.3. The van der Waals surface area contributed by atoms with Gasteiger partial charge in [-0.3, -0.25) is 14.5 Å². The van der Waals surface area contributed by atoms with Crippen molar-refractivity contribution in [3.63, 3.8) is 0 Å². The van der Waals surface area contributed by atoms with Crippen molar-refractivity contribution in [1.82, 2.24) is 15.2 Å². The molecule has 0 radical (unpaired) electrons. The van der Waals surface area contributed by atoms with Crippen LogP contribution < -0.4 is 16.4 Å². The fraction of sp³-hybridized carbons (Fsp3) is 0.474. The lowest BCUT2D eigenvalue weighted by Gasteiger charge is -2.49. The van der Waals surface area contributed by atoms with Gasteiger partial charge in [0.25, 0.3) is 11.8 Å². The number of thioether (sulfide) groups is 1. The molecular weight excluding hydrogens is 484 g/mol. The molecule has 2 unspecified atom stereocenters. The van der Waals surface area contributed by atoms with Crippen molar-refractivity contribution in [3.8, 4) is 6.19 Å². The minimum atomic E-state index is -1.24. The van der Waals surface area contributed by atoms with Gasteiger partial charge in [0.2, 0.25) is 0 Å². The maximum absolute atomic E-state index is 12.9. The SMILES string of the molecule is N#C[N+]1(CC2=C(C(=O)O)N3C(=O)C(NC(=O)C(=NO)c4csc(NCN)n4)C3SC2)CCCC1. The number of quaternary nitrogens is 1. The summed E-state index contributed by atoms with van der Waals surface area (Å²) in [6.45, 7) is 1.68. The summed E-state index contributed by atoms with van der Waals surface area (Å²) < 4.78 is 0.143. The zero-order valence-electron chi connectivity index (χ0n) is 17.9. The molecule has 2 saturated heterocycles. The minimum Gasteiger partial charge on any atom is -0.477 e. The first kappa shape index (κ1) is 24.0. The van der Waals surface area contributed by atoms with Gasteiger partial charge in [0, 0.05) is 29.5 Å². The van der Waals surface area contributed by atoms with E-state index >= 15 is 0 Å². The van der Waals surface area contributed by atoms with Gasteiger partial charge in [-0.25, -0.2) is 14.3 Å². The number of rotatable bonds is 8. The molecule has 4 rings (SSSR count). The Labute approximate surface area is 202 Å². The fourth-order valence-corrected chi connectivity index (χ4v) is 6.42. The van der Waals surface area contributed by atoms with Crippen LogP contribution in [0.3, 0.4) is 0 Å². The van der Waals surface area contributed by atoms with Gasteiger partial charge in [0.1, 0.15) is 29.4 Å². The van der Waals surface area contributed by atoms with Crippen LogP contribution in [0.5, 0.6) is 0 Å². The van der Waals surface area contributed by atoms with Gasteiger partial charge in [-0.1, -0.05) is 5.16 Å². The highest BCUT2D eigenvalue weighted by molar-refractivity contribution is 8.00. The van der Waals surface area contributed by atoms with E-state index in [2.05, 4.69) is 27.0 Å². The highest BCUT2D eigenvalue weighted by Crippen LogP contribution is 2.41. The summed E-state index contributed by atoms with van der Waals surface area (Å²) in [5, 5.41) is 38.5. The van der Waals surface area contributed by atoms with Crippen LogP contribution in [0.25, 0.3) is 0 Å². The van der Waals surface area contributed by atoms with E-state index in [0.29, 0.717) is 29.5 Å². The monoisotopic (exact) mass is 507 g/mol. The van der Waals surface area contributed by atoms with Crippen LogP contribution in [0, 0.1) is 11.5 Å². The van der Waals surface area contributed by atoms with Crippen molar-refractivity contribution >= 4 is 51.7 Å². The number of hydrogen-bond acceptors (Lipinski definition) is 11. The fourth-order valence-electron chi connectivity index (χ4n) is 4.38. The normalized spacial score (nSPS) is 23.7. The molecule has 180 valence electrons. The molecule has 1 aromatic rings. The second-order valence-corrected chi connectivity index (χ2v) is 10.0. The number of carbonyl (C=O) groups excluding carboxylic acids is 2. The van der Waals surface area contributed by atoms with E-state index in [1.165, 1.54) is 22.0 Å². The van der Waals surface area contributed by atoms with E-state index < -0.39 is 29.2 Å². The molecule has 3 aliphatic heterocycles. The Balaban J connectivity index is 1.50. The number of hydrogen-bond donors (Lipinski definition) is 5. The predicted octanol–water partition coefficient (Wildman–Crippen LogP) is -0.520. The number of amides is 2. The zero-order valence-corrected chi connectivity index (χ0v) is 19.6. The summed E-state index contributed by atoms with van der Waals surface area (Å²) in [6.07, 6.45) is 4.10. The second kappa shape index (κ2) is 9.58. The van der Waals surface area contributed by atoms with E-state index in [0.717, 1.165) is 24.2 Å². The van der Waals surface area contributed by atoms with Gasteiger partial charge < -0.3 is 26.7 Å². The zero-order chi connectivity index (χ0) is 24.5. The van der Waals surface area contributed by atoms with Crippen molar-refractivity contribution in [2.24, 2.45) is 10.9 Å². The Bertz CT molecular complexity index is 1120. The Morgan fingerprint density at radius 1 is 1.41 bits per heavy atom. The quantitative estimate of drug-likeness (QED) is 0.0581. The third kappa shape index (κ3) is 4.20. The number of carboxylic acids is 1. The van der Waals surface area contributed by atoms with E-state index in [9.17, 15) is 30.0 Å². The summed E-state index contributed by atoms with van der Waals surface area (Å²) in [5.74, 6) is -2.31. The molecule has 0 spiro atoms. The molecule has 3 aliphatic rings. The van der Waals surface area contributed by atoms with Crippen molar-refractivity contribution in [2.45, 2.75) is 24.3 Å². The van der Waals surface area contributed by atoms with Gasteiger partial charge in [0.15, 0.2) is 10.8 Å². The summed E-state index contributed by atoms with van der Waals surface area (Å²) in [6, 6.07) is -0.990. The van der Waals surface area contributed by atoms with Gasteiger partial charge in [-0.2, -0.15) is 0 Å². The molecule has 0 saturated carbocycles. The number of oxime groups is 1. The van der Waals surface area contributed by atoms with Crippen LogP contribution in [0.4, 0.5) is 5.13 Å². The molecule has 13 nitrogen and oxygen atoms in total. The van der Waals surface area contributed by atoms with E-state index in [1.54, 1.807) is 0 Å². The smallest absolute Gasteiger partial charge is 0.352 e. The molecule has 0 aromatic carbocycles. The molecule has 2 fully saturated rings. The maximum Gasteiger partial charge on any atom is 0.352 e. The number of thiazole rings is 1. The largest absolute Gasteiger partial charge is 0.477 e. The molecule has 2 amide bonds. The molecule has 4 heterocycles. The number of nitrogens with zero attached hydrogens (tertiary/aromatic N) is 5. The number of nitrogens with two attached hydrogens (primary N) is 1. The Morgan fingerprint density at radius 2 is 2.15 bits per heavy atom.